The van der Waals surface area contributed by atoms with E-state index < -0.39 is 23.0 Å². The van der Waals surface area contributed by atoms with Crippen LogP contribution in [-0.4, -0.2) is 38.4 Å². The molecule has 1 aliphatic rings. The standard InChI is InChI=1S/C21H24O6/c1-20(19(23)27-4)10-9-15-16-11-14(25-2)7-5-13(16)6-8-17(15)21(20,24)12-18(22)26-3/h5-8,11,24H,9-10,12H2,1-4H3/t20-,21+/m0/s1. The molecule has 2 aromatic carbocycles. The van der Waals surface area contributed by atoms with Crippen molar-refractivity contribution in [3.05, 3.63) is 41.5 Å². The van der Waals surface area contributed by atoms with E-state index in [-0.39, 0.29) is 6.42 Å². The third-order valence-electron chi connectivity index (χ3n) is 5.84. The molecular formula is C21H24O6. The van der Waals surface area contributed by atoms with Crippen molar-refractivity contribution in [2.45, 2.75) is 31.8 Å². The highest BCUT2D eigenvalue weighted by atomic mass is 16.5. The number of aryl methyl sites for hydroxylation is 1. The van der Waals surface area contributed by atoms with Crippen LogP contribution in [0.3, 0.4) is 0 Å². The molecule has 0 aliphatic heterocycles. The average molecular weight is 372 g/mol. The molecule has 0 unspecified atom stereocenters. The first-order chi connectivity index (χ1) is 12.8. The molecule has 2 aromatic rings. The lowest BCUT2D eigenvalue weighted by Crippen LogP contribution is -2.53. The van der Waals surface area contributed by atoms with Gasteiger partial charge < -0.3 is 19.3 Å². The van der Waals surface area contributed by atoms with E-state index in [4.69, 9.17) is 14.2 Å². The minimum absolute atomic E-state index is 0.336. The summed E-state index contributed by atoms with van der Waals surface area (Å²) < 4.78 is 15.1. The van der Waals surface area contributed by atoms with Gasteiger partial charge in [0.25, 0.3) is 0 Å². The zero-order valence-electron chi connectivity index (χ0n) is 16.0. The number of methoxy groups -OCH3 is 3. The Morgan fingerprint density at radius 1 is 1.11 bits per heavy atom. The quantitative estimate of drug-likeness (QED) is 0.831. The van der Waals surface area contributed by atoms with Crippen LogP contribution in [0.5, 0.6) is 5.75 Å². The van der Waals surface area contributed by atoms with Crippen molar-refractivity contribution in [3.8, 4) is 5.75 Å². The Labute approximate surface area is 158 Å². The van der Waals surface area contributed by atoms with Crippen molar-refractivity contribution >= 4 is 22.7 Å². The van der Waals surface area contributed by atoms with Gasteiger partial charge in [0.1, 0.15) is 11.4 Å². The maximum absolute atomic E-state index is 12.6. The van der Waals surface area contributed by atoms with Gasteiger partial charge in [0.15, 0.2) is 0 Å². The molecule has 0 fully saturated rings. The summed E-state index contributed by atoms with van der Waals surface area (Å²) in [5, 5.41) is 13.6. The number of ether oxygens (including phenoxy) is 3. The predicted octanol–water partition coefficient (Wildman–Crippen LogP) is 2.72. The van der Waals surface area contributed by atoms with Crippen LogP contribution < -0.4 is 4.74 Å². The molecule has 27 heavy (non-hydrogen) atoms. The van der Waals surface area contributed by atoms with Crippen LogP contribution >= 0.6 is 0 Å². The molecule has 6 nitrogen and oxygen atoms in total. The number of hydrogen-bond donors (Lipinski definition) is 1. The van der Waals surface area contributed by atoms with E-state index in [1.807, 2.05) is 24.3 Å². The Morgan fingerprint density at radius 3 is 2.44 bits per heavy atom. The summed E-state index contributed by atoms with van der Waals surface area (Å²) in [6.07, 6.45) is 0.572. The Bertz CT molecular complexity index is 905. The van der Waals surface area contributed by atoms with Crippen LogP contribution in [0.4, 0.5) is 0 Å². The number of carbonyl (C=O) groups excluding carboxylic acids is 2. The molecule has 0 amide bonds. The fourth-order valence-corrected chi connectivity index (χ4v) is 4.09. The number of benzene rings is 2. The minimum Gasteiger partial charge on any atom is -0.497 e. The molecular weight excluding hydrogens is 348 g/mol. The Morgan fingerprint density at radius 2 is 1.81 bits per heavy atom. The summed E-state index contributed by atoms with van der Waals surface area (Å²) in [4.78, 5) is 24.7. The minimum atomic E-state index is -1.74. The highest BCUT2D eigenvalue weighted by molar-refractivity contribution is 5.90. The maximum atomic E-state index is 12.6. The maximum Gasteiger partial charge on any atom is 0.314 e. The second-order valence-corrected chi connectivity index (χ2v) is 7.12. The molecule has 0 heterocycles. The lowest BCUT2D eigenvalue weighted by molar-refractivity contribution is -0.181. The first kappa shape index (κ1) is 19.2. The van der Waals surface area contributed by atoms with Gasteiger partial charge in [-0.05, 0) is 53.8 Å². The van der Waals surface area contributed by atoms with Gasteiger partial charge in [-0.25, -0.2) is 0 Å². The monoisotopic (exact) mass is 372 g/mol. The van der Waals surface area contributed by atoms with Gasteiger partial charge in [-0.1, -0.05) is 18.2 Å². The lowest BCUT2D eigenvalue weighted by Gasteiger charge is -2.47. The number of fused-ring (bicyclic) bond motifs is 3. The molecule has 0 saturated heterocycles. The van der Waals surface area contributed by atoms with Crippen molar-refractivity contribution in [1.82, 2.24) is 0 Å². The fourth-order valence-electron chi connectivity index (χ4n) is 4.09. The zero-order chi connectivity index (χ0) is 19.8. The molecule has 0 spiro atoms. The zero-order valence-corrected chi connectivity index (χ0v) is 16.0. The summed E-state index contributed by atoms with van der Waals surface area (Å²) in [7, 11) is 4.14. The van der Waals surface area contributed by atoms with Gasteiger partial charge in [-0.15, -0.1) is 0 Å². The summed E-state index contributed by atoms with van der Waals surface area (Å²) in [6.45, 7) is 1.64. The van der Waals surface area contributed by atoms with Gasteiger partial charge in [-0.2, -0.15) is 0 Å². The molecule has 2 atom stereocenters. The van der Waals surface area contributed by atoms with Crippen molar-refractivity contribution in [2.75, 3.05) is 21.3 Å². The van der Waals surface area contributed by atoms with Gasteiger partial charge >= 0.3 is 11.9 Å². The molecule has 6 heteroatoms. The van der Waals surface area contributed by atoms with Crippen LogP contribution in [0, 0.1) is 5.41 Å². The van der Waals surface area contributed by atoms with E-state index in [1.54, 1.807) is 20.1 Å². The van der Waals surface area contributed by atoms with E-state index in [2.05, 4.69) is 0 Å². The fraction of sp³-hybridized carbons (Fsp3) is 0.429. The molecule has 0 bridgehead atoms. The lowest BCUT2D eigenvalue weighted by atomic mass is 9.60. The van der Waals surface area contributed by atoms with Crippen LogP contribution in [0.25, 0.3) is 10.8 Å². The van der Waals surface area contributed by atoms with Crippen molar-refractivity contribution < 1.29 is 28.9 Å². The van der Waals surface area contributed by atoms with Gasteiger partial charge in [0, 0.05) is 0 Å². The van der Waals surface area contributed by atoms with E-state index in [1.165, 1.54) is 14.2 Å². The number of carbonyl (C=O) groups is 2. The van der Waals surface area contributed by atoms with E-state index >= 15 is 0 Å². The first-order valence-corrected chi connectivity index (χ1v) is 8.78. The van der Waals surface area contributed by atoms with Crippen LogP contribution in [0.2, 0.25) is 0 Å². The van der Waals surface area contributed by atoms with Crippen LogP contribution in [0.15, 0.2) is 30.3 Å². The predicted molar refractivity (Wildman–Crippen MR) is 99.5 cm³/mol. The SMILES string of the molecule is COC(=O)C[C@@]1(O)c2ccc3ccc(OC)cc3c2CC[C@@]1(C)C(=O)OC. The van der Waals surface area contributed by atoms with Crippen LogP contribution in [0.1, 0.15) is 30.9 Å². The number of esters is 2. The second kappa shape index (κ2) is 6.85. The van der Waals surface area contributed by atoms with E-state index in [0.717, 1.165) is 16.3 Å². The third-order valence-corrected chi connectivity index (χ3v) is 5.84. The Hall–Kier alpha value is -2.60. The number of hydrogen-bond acceptors (Lipinski definition) is 6. The smallest absolute Gasteiger partial charge is 0.314 e. The summed E-state index contributed by atoms with van der Waals surface area (Å²) in [6, 6.07) is 9.39. The van der Waals surface area contributed by atoms with E-state index in [0.29, 0.717) is 24.2 Å². The summed E-state index contributed by atoms with van der Waals surface area (Å²) in [5.74, 6) is -0.440. The molecule has 144 valence electrons. The largest absolute Gasteiger partial charge is 0.497 e. The van der Waals surface area contributed by atoms with Gasteiger partial charge in [-0.3, -0.25) is 9.59 Å². The topological polar surface area (TPSA) is 82.1 Å². The Balaban J connectivity index is 2.27. The summed E-state index contributed by atoms with van der Waals surface area (Å²) in [5.41, 5.74) is -1.56. The number of aliphatic hydroxyl groups is 1. The number of rotatable bonds is 4. The first-order valence-electron chi connectivity index (χ1n) is 8.78. The second-order valence-electron chi connectivity index (χ2n) is 7.12. The summed E-state index contributed by atoms with van der Waals surface area (Å²) >= 11 is 0. The average Bonchev–Trinajstić information content (AvgIpc) is 2.69. The van der Waals surface area contributed by atoms with Crippen molar-refractivity contribution in [1.29, 1.82) is 0 Å². The van der Waals surface area contributed by atoms with E-state index in [9.17, 15) is 14.7 Å². The third kappa shape index (κ3) is 2.84. The highest BCUT2D eigenvalue weighted by Crippen LogP contribution is 2.52. The van der Waals surface area contributed by atoms with Gasteiger partial charge in [0.05, 0.1) is 33.2 Å². The van der Waals surface area contributed by atoms with Crippen molar-refractivity contribution in [2.24, 2.45) is 5.41 Å². The molecule has 0 radical (unpaired) electrons. The Kier molecular flexibility index (Phi) is 4.86. The molecule has 0 aromatic heterocycles. The molecule has 1 N–H and O–H groups in total. The highest BCUT2D eigenvalue weighted by Gasteiger charge is 2.58. The normalized spacial score (nSPS) is 24.2. The molecule has 1 aliphatic carbocycles. The van der Waals surface area contributed by atoms with Crippen LogP contribution in [-0.2, 0) is 31.1 Å². The molecule has 3 rings (SSSR count). The van der Waals surface area contributed by atoms with Gasteiger partial charge in [0.2, 0.25) is 0 Å². The molecule has 0 saturated carbocycles. The van der Waals surface area contributed by atoms with Crippen molar-refractivity contribution in [3.63, 3.8) is 0 Å².